The molecule has 0 spiro atoms. The van der Waals surface area contributed by atoms with Gasteiger partial charge in [0.1, 0.15) is 4.75 Å². The van der Waals surface area contributed by atoms with Crippen molar-refractivity contribution in [2.45, 2.75) is 27.3 Å². The molecule has 1 N–H and O–H groups in total. The lowest BCUT2D eigenvalue weighted by molar-refractivity contribution is -0.138. The molecular formula is C6H8N2O2S3. The predicted octanol–water partition coefficient (Wildman–Crippen LogP) is 1.78. The highest BCUT2D eigenvalue weighted by atomic mass is 32.2. The number of aliphatic carboxylic acids is 1. The summed E-state index contributed by atoms with van der Waals surface area (Å²) in [4.78, 5) is 10.7. The highest BCUT2D eigenvalue weighted by molar-refractivity contribution is 8.03. The van der Waals surface area contributed by atoms with Crippen LogP contribution in [0.5, 0.6) is 0 Å². The first-order valence-corrected chi connectivity index (χ1v) is 5.45. The van der Waals surface area contributed by atoms with Gasteiger partial charge in [0, 0.05) is 0 Å². The molecule has 0 aliphatic carbocycles. The number of nitrogens with zero attached hydrogens (tertiary/aromatic N) is 2. The number of thiol groups is 1. The Hall–Kier alpha value is -0.270. The number of hydrogen-bond acceptors (Lipinski definition) is 6. The maximum Gasteiger partial charge on any atom is 0.319 e. The second-order valence-electron chi connectivity index (χ2n) is 2.77. The van der Waals surface area contributed by atoms with Crippen LogP contribution in [0, 0.1) is 0 Å². The molecule has 0 aliphatic heterocycles. The van der Waals surface area contributed by atoms with E-state index in [1.54, 1.807) is 13.8 Å². The second-order valence-corrected chi connectivity index (χ2v) is 6.34. The van der Waals surface area contributed by atoms with E-state index in [1.165, 1.54) is 23.1 Å². The van der Waals surface area contributed by atoms with Crippen molar-refractivity contribution in [3.05, 3.63) is 0 Å². The molecule has 72 valence electrons. The summed E-state index contributed by atoms with van der Waals surface area (Å²) in [5.74, 6) is -0.867. The molecule has 0 aromatic carbocycles. The van der Waals surface area contributed by atoms with Gasteiger partial charge in [0.05, 0.1) is 0 Å². The Morgan fingerprint density at radius 2 is 2.23 bits per heavy atom. The average molecular weight is 236 g/mol. The van der Waals surface area contributed by atoms with Crippen molar-refractivity contribution in [3.8, 4) is 0 Å². The Bertz CT molecular complexity index is 323. The first kappa shape index (κ1) is 10.8. The van der Waals surface area contributed by atoms with Gasteiger partial charge in [-0.25, -0.2) is 0 Å². The van der Waals surface area contributed by atoms with Crippen molar-refractivity contribution in [1.82, 2.24) is 10.2 Å². The van der Waals surface area contributed by atoms with Crippen LogP contribution in [0.25, 0.3) is 0 Å². The van der Waals surface area contributed by atoms with Crippen LogP contribution in [0.4, 0.5) is 0 Å². The van der Waals surface area contributed by atoms with E-state index in [2.05, 4.69) is 22.8 Å². The van der Waals surface area contributed by atoms with Crippen LogP contribution in [0.1, 0.15) is 13.8 Å². The van der Waals surface area contributed by atoms with E-state index in [9.17, 15) is 4.79 Å². The van der Waals surface area contributed by atoms with Crippen molar-refractivity contribution in [1.29, 1.82) is 0 Å². The summed E-state index contributed by atoms with van der Waals surface area (Å²) < 4.78 is 0.292. The third kappa shape index (κ3) is 2.85. The van der Waals surface area contributed by atoms with Gasteiger partial charge in [-0.3, -0.25) is 4.79 Å². The summed E-state index contributed by atoms with van der Waals surface area (Å²) in [6, 6.07) is 0. The van der Waals surface area contributed by atoms with E-state index >= 15 is 0 Å². The predicted molar refractivity (Wildman–Crippen MR) is 54.7 cm³/mol. The fraction of sp³-hybridized carbons (Fsp3) is 0.500. The summed E-state index contributed by atoms with van der Waals surface area (Å²) in [5, 5.41) is 16.3. The van der Waals surface area contributed by atoms with E-state index in [4.69, 9.17) is 5.11 Å². The van der Waals surface area contributed by atoms with Gasteiger partial charge in [0.2, 0.25) is 0 Å². The summed E-state index contributed by atoms with van der Waals surface area (Å²) in [6.07, 6.45) is 0. The van der Waals surface area contributed by atoms with Crippen LogP contribution in [0.3, 0.4) is 0 Å². The van der Waals surface area contributed by atoms with Gasteiger partial charge in [0.25, 0.3) is 0 Å². The van der Waals surface area contributed by atoms with Crippen LogP contribution in [0.15, 0.2) is 8.68 Å². The zero-order chi connectivity index (χ0) is 10.1. The van der Waals surface area contributed by atoms with Gasteiger partial charge in [-0.2, -0.15) is 0 Å². The Morgan fingerprint density at radius 3 is 2.62 bits per heavy atom. The molecule has 0 fully saturated rings. The lowest BCUT2D eigenvalue weighted by Gasteiger charge is -2.15. The Labute approximate surface area is 89.2 Å². The van der Waals surface area contributed by atoms with Crippen molar-refractivity contribution in [2.24, 2.45) is 0 Å². The van der Waals surface area contributed by atoms with Gasteiger partial charge in [-0.1, -0.05) is 23.1 Å². The minimum atomic E-state index is -0.875. The number of thioether (sulfide) groups is 1. The van der Waals surface area contributed by atoms with Gasteiger partial charge in [-0.15, -0.1) is 22.8 Å². The fourth-order valence-electron chi connectivity index (χ4n) is 0.506. The molecule has 0 saturated carbocycles. The standard InChI is InChI=1S/C6H8N2O2S3/c1-6(2,3(9)10)13-5-8-7-4(11)12-5/h1-2H3,(H,7,11)(H,9,10). The molecule has 0 saturated heterocycles. The first-order valence-electron chi connectivity index (χ1n) is 3.37. The second kappa shape index (κ2) is 3.85. The molecule has 1 rings (SSSR count). The largest absolute Gasteiger partial charge is 0.480 e. The van der Waals surface area contributed by atoms with E-state index in [0.717, 1.165) is 0 Å². The summed E-state index contributed by atoms with van der Waals surface area (Å²) >= 11 is 6.44. The average Bonchev–Trinajstić information content (AvgIpc) is 2.34. The van der Waals surface area contributed by atoms with Gasteiger partial charge in [0.15, 0.2) is 8.68 Å². The minimum Gasteiger partial charge on any atom is -0.480 e. The van der Waals surface area contributed by atoms with Crippen LogP contribution in [0.2, 0.25) is 0 Å². The lowest BCUT2D eigenvalue weighted by Crippen LogP contribution is -2.26. The third-order valence-corrected chi connectivity index (χ3v) is 3.58. The molecule has 0 atom stereocenters. The first-order chi connectivity index (χ1) is 5.92. The number of hydrogen-bond donors (Lipinski definition) is 2. The molecule has 1 heterocycles. The van der Waals surface area contributed by atoms with Crippen LogP contribution >= 0.6 is 35.7 Å². The molecule has 0 bridgehead atoms. The fourth-order valence-corrected chi connectivity index (χ4v) is 2.95. The number of aromatic nitrogens is 2. The number of carboxylic acid groups (broad SMARTS) is 1. The molecule has 7 heteroatoms. The van der Waals surface area contributed by atoms with Gasteiger partial charge < -0.3 is 5.11 Å². The molecule has 1 aromatic rings. The van der Waals surface area contributed by atoms with Crippen LogP contribution in [-0.2, 0) is 4.79 Å². The van der Waals surface area contributed by atoms with Crippen molar-refractivity contribution < 1.29 is 9.90 Å². The molecule has 1 aromatic heterocycles. The summed E-state index contributed by atoms with van der Waals surface area (Å²) in [5.41, 5.74) is 0. The quantitative estimate of drug-likeness (QED) is 0.619. The maximum atomic E-state index is 10.7. The number of carbonyl (C=O) groups is 1. The van der Waals surface area contributed by atoms with Crippen molar-refractivity contribution in [3.63, 3.8) is 0 Å². The third-order valence-electron chi connectivity index (χ3n) is 1.25. The zero-order valence-electron chi connectivity index (χ0n) is 7.01. The van der Waals surface area contributed by atoms with Gasteiger partial charge >= 0.3 is 5.97 Å². The topological polar surface area (TPSA) is 63.1 Å². The highest BCUT2D eigenvalue weighted by Crippen LogP contribution is 2.34. The summed E-state index contributed by atoms with van der Waals surface area (Å²) in [7, 11) is 0. The molecular weight excluding hydrogens is 228 g/mol. The number of rotatable bonds is 3. The normalized spacial score (nSPS) is 11.6. The van der Waals surface area contributed by atoms with E-state index in [-0.39, 0.29) is 0 Å². The van der Waals surface area contributed by atoms with E-state index in [0.29, 0.717) is 8.68 Å². The Kier molecular flexibility index (Phi) is 3.20. The SMILES string of the molecule is CC(C)(Sc1nnc(S)s1)C(=O)O. The molecule has 13 heavy (non-hydrogen) atoms. The highest BCUT2D eigenvalue weighted by Gasteiger charge is 2.29. The lowest BCUT2D eigenvalue weighted by atomic mass is 10.2. The molecule has 0 unspecified atom stereocenters. The Balaban J connectivity index is 2.74. The molecule has 0 amide bonds. The Morgan fingerprint density at radius 1 is 1.62 bits per heavy atom. The molecule has 4 nitrogen and oxygen atoms in total. The molecule has 0 aliphatic rings. The maximum absolute atomic E-state index is 10.7. The van der Waals surface area contributed by atoms with E-state index in [1.807, 2.05) is 0 Å². The van der Waals surface area contributed by atoms with E-state index < -0.39 is 10.7 Å². The van der Waals surface area contributed by atoms with Crippen molar-refractivity contribution in [2.75, 3.05) is 0 Å². The smallest absolute Gasteiger partial charge is 0.319 e. The molecule has 0 radical (unpaired) electrons. The minimum absolute atomic E-state index is 0.545. The van der Waals surface area contributed by atoms with Crippen molar-refractivity contribution >= 4 is 41.7 Å². The van der Waals surface area contributed by atoms with Gasteiger partial charge in [-0.05, 0) is 13.8 Å². The monoisotopic (exact) mass is 236 g/mol. The summed E-state index contributed by atoms with van der Waals surface area (Å²) in [6.45, 7) is 3.25. The van der Waals surface area contributed by atoms with Crippen LogP contribution in [-0.4, -0.2) is 26.0 Å². The van der Waals surface area contributed by atoms with Crippen LogP contribution < -0.4 is 0 Å². The number of carboxylic acids is 1. The zero-order valence-corrected chi connectivity index (χ0v) is 9.54.